The van der Waals surface area contributed by atoms with Crippen LogP contribution in [0.25, 0.3) is 0 Å². The van der Waals surface area contributed by atoms with Gasteiger partial charge in [-0.3, -0.25) is 0 Å². The first-order valence-electron chi connectivity index (χ1n) is 8.48. The zero-order valence-corrected chi connectivity index (χ0v) is 17.2. The highest BCUT2D eigenvalue weighted by atomic mass is 32.2. The Kier molecular flexibility index (Phi) is 5.84. The van der Waals surface area contributed by atoms with Gasteiger partial charge in [0.25, 0.3) is 0 Å². The third kappa shape index (κ3) is 4.41. The van der Waals surface area contributed by atoms with Crippen LogP contribution in [0.5, 0.6) is 17.2 Å². The molecule has 4 N–H and O–H groups in total. The standard InChI is InChI=1S/C18H26N4O4S/c1-9(2)11-7-13(25-5)14(27(6,23)24)8-12(11)26-16-15(10(3)4)21-18(20)22-17(16)19/h7-10H,1-6H3,(H4,19,20,21,22). The zero-order valence-electron chi connectivity index (χ0n) is 16.4. The zero-order chi connectivity index (χ0) is 20.5. The van der Waals surface area contributed by atoms with E-state index in [0.29, 0.717) is 11.4 Å². The molecule has 2 rings (SSSR count). The summed E-state index contributed by atoms with van der Waals surface area (Å²) in [5, 5.41) is 0. The van der Waals surface area contributed by atoms with Crippen molar-refractivity contribution < 1.29 is 17.9 Å². The van der Waals surface area contributed by atoms with Crippen LogP contribution in [0.1, 0.15) is 50.8 Å². The van der Waals surface area contributed by atoms with E-state index in [1.54, 1.807) is 6.07 Å². The average molecular weight is 394 g/mol. The van der Waals surface area contributed by atoms with Crippen LogP contribution in [0.3, 0.4) is 0 Å². The molecular weight excluding hydrogens is 368 g/mol. The van der Waals surface area contributed by atoms with Crippen LogP contribution in [-0.2, 0) is 9.84 Å². The van der Waals surface area contributed by atoms with Crippen LogP contribution in [0.15, 0.2) is 17.0 Å². The van der Waals surface area contributed by atoms with Crippen molar-refractivity contribution in [3.8, 4) is 17.2 Å². The van der Waals surface area contributed by atoms with E-state index in [0.717, 1.165) is 11.8 Å². The van der Waals surface area contributed by atoms with E-state index in [-0.39, 0.29) is 40.0 Å². The molecule has 0 fully saturated rings. The van der Waals surface area contributed by atoms with Crippen LogP contribution >= 0.6 is 0 Å². The summed E-state index contributed by atoms with van der Waals surface area (Å²) in [4.78, 5) is 8.23. The van der Waals surface area contributed by atoms with Gasteiger partial charge in [-0.05, 0) is 17.9 Å². The number of aromatic nitrogens is 2. The fourth-order valence-electron chi connectivity index (χ4n) is 2.66. The molecule has 0 unspecified atom stereocenters. The first-order valence-corrected chi connectivity index (χ1v) is 10.4. The Hall–Kier alpha value is -2.55. The van der Waals surface area contributed by atoms with Gasteiger partial charge in [0, 0.05) is 17.9 Å². The molecular formula is C18H26N4O4S. The average Bonchev–Trinajstić information content (AvgIpc) is 2.55. The fraction of sp³-hybridized carbons (Fsp3) is 0.444. The Bertz CT molecular complexity index is 956. The molecule has 0 aliphatic rings. The summed E-state index contributed by atoms with van der Waals surface area (Å²) in [6.07, 6.45) is 1.11. The van der Waals surface area contributed by atoms with Gasteiger partial charge in [0.15, 0.2) is 21.4 Å². The van der Waals surface area contributed by atoms with Crippen molar-refractivity contribution in [2.75, 3.05) is 24.8 Å². The maximum Gasteiger partial charge on any atom is 0.222 e. The molecule has 0 saturated heterocycles. The third-order valence-corrected chi connectivity index (χ3v) is 5.13. The van der Waals surface area contributed by atoms with Crippen molar-refractivity contribution in [1.29, 1.82) is 0 Å². The first-order chi connectivity index (χ1) is 12.5. The number of nitrogen functional groups attached to an aromatic ring is 2. The SMILES string of the molecule is COc1cc(C(C)C)c(Oc2c(N)nc(N)nc2C(C)C)cc1S(C)(=O)=O. The number of ether oxygens (including phenoxy) is 2. The highest BCUT2D eigenvalue weighted by Crippen LogP contribution is 2.41. The molecule has 0 aliphatic carbocycles. The van der Waals surface area contributed by atoms with E-state index < -0.39 is 9.84 Å². The van der Waals surface area contributed by atoms with Gasteiger partial charge < -0.3 is 20.9 Å². The highest BCUT2D eigenvalue weighted by Gasteiger charge is 2.23. The third-order valence-electron chi connectivity index (χ3n) is 4.01. The monoisotopic (exact) mass is 394 g/mol. The van der Waals surface area contributed by atoms with E-state index in [4.69, 9.17) is 20.9 Å². The van der Waals surface area contributed by atoms with Crippen molar-refractivity contribution in [3.05, 3.63) is 23.4 Å². The molecule has 148 valence electrons. The summed E-state index contributed by atoms with van der Waals surface area (Å²) < 4.78 is 35.7. The minimum absolute atomic E-state index is 0.0253. The predicted octanol–water partition coefficient (Wildman–Crippen LogP) is 3.09. The topological polar surface area (TPSA) is 130 Å². The second-order valence-electron chi connectivity index (χ2n) is 6.91. The van der Waals surface area contributed by atoms with Gasteiger partial charge in [0.05, 0.1) is 12.8 Å². The Balaban J connectivity index is 2.73. The Labute approximate surface area is 159 Å². The smallest absolute Gasteiger partial charge is 0.222 e. The van der Waals surface area contributed by atoms with Crippen molar-refractivity contribution in [3.63, 3.8) is 0 Å². The molecule has 0 bridgehead atoms. The normalized spacial score (nSPS) is 11.9. The van der Waals surface area contributed by atoms with Crippen LogP contribution in [-0.4, -0.2) is 31.8 Å². The van der Waals surface area contributed by atoms with E-state index >= 15 is 0 Å². The van der Waals surface area contributed by atoms with Crippen LogP contribution < -0.4 is 20.9 Å². The van der Waals surface area contributed by atoms with Gasteiger partial charge in [-0.15, -0.1) is 0 Å². The molecule has 1 aromatic heterocycles. The van der Waals surface area contributed by atoms with Gasteiger partial charge in [-0.1, -0.05) is 27.7 Å². The molecule has 2 aromatic rings. The summed E-state index contributed by atoms with van der Waals surface area (Å²) in [6, 6.07) is 3.11. The van der Waals surface area contributed by atoms with Crippen molar-refractivity contribution >= 4 is 21.6 Å². The molecule has 27 heavy (non-hydrogen) atoms. The molecule has 0 saturated carbocycles. The van der Waals surface area contributed by atoms with Crippen LogP contribution in [0.2, 0.25) is 0 Å². The summed E-state index contributed by atoms with van der Waals surface area (Å²) in [5.41, 5.74) is 13.0. The number of rotatable bonds is 6. The summed E-state index contributed by atoms with van der Waals surface area (Å²) >= 11 is 0. The molecule has 0 radical (unpaired) electrons. The van der Waals surface area contributed by atoms with Crippen LogP contribution in [0, 0.1) is 0 Å². The molecule has 0 atom stereocenters. The minimum atomic E-state index is -3.53. The quantitative estimate of drug-likeness (QED) is 0.764. The maximum atomic E-state index is 12.2. The van der Waals surface area contributed by atoms with Crippen molar-refractivity contribution in [2.24, 2.45) is 0 Å². The van der Waals surface area contributed by atoms with Gasteiger partial charge in [0.1, 0.15) is 16.4 Å². The predicted molar refractivity (Wildman–Crippen MR) is 105 cm³/mol. The summed E-state index contributed by atoms with van der Waals surface area (Å²) in [5.74, 6) is 1.05. The number of hydrogen-bond donors (Lipinski definition) is 2. The summed E-state index contributed by atoms with van der Waals surface area (Å²) in [6.45, 7) is 7.78. The van der Waals surface area contributed by atoms with Crippen LogP contribution in [0.4, 0.5) is 11.8 Å². The highest BCUT2D eigenvalue weighted by molar-refractivity contribution is 7.90. The Morgan fingerprint density at radius 2 is 1.63 bits per heavy atom. The fourth-order valence-corrected chi connectivity index (χ4v) is 3.49. The molecule has 1 heterocycles. The van der Waals surface area contributed by atoms with Gasteiger partial charge in [0.2, 0.25) is 5.95 Å². The lowest BCUT2D eigenvalue weighted by Crippen LogP contribution is -2.09. The largest absolute Gasteiger partial charge is 0.495 e. The number of anilines is 2. The number of nitrogens with zero attached hydrogens (tertiary/aromatic N) is 2. The molecule has 0 aliphatic heterocycles. The second-order valence-corrected chi connectivity index (χ2v) is 8.89. The first kappa shape index (κ1) is 20.8. The Morgan fingerprint density at radius 3 is 2.11 bits per heavy atom. The number of benzene rings is 1. The summed E-state index contributed by atoms with van der Waals surface area (Å²) in [7, 11) is -2.11. The lowest BCUT2D eigenvalue weighted by molar-refractivity contribution is 0.397. The number of sulfone groups is 1. The van der Waals surface area contributed by atoms with Gasteiger partial charge in [-0.2, -0.15) is 4.98 Å². The van der Waals surface area contributed by atoms with Gasteiger partial charge >= 0.3 is 0 Å². The maximum absolute atomic E-state index is 12.2. The van der Waals surface area contributed by atoms with E-state index in [9.17, 15) is 8.42 Å². The molecule has 0 amide bonds. The molecule has 0 spiro atoms. The number of methoxy groups -OCH3 is 1. The van der Waals surface area contributed by atoms with E-state index in [1.165, 1.54) is 13.2 Å². The second kappa shape index (κ2) is 7.59. The lowest BCUT2D eigenvalue weighted by Gasteiger charge is -2.20. The van der Waals surface area contributed by atoms with E-state index in [2.05, 4.69) is 9.97 Å². The molecule has 9 heteroatoms. The van der Waals surface area contributed by atoms with E-state index in [1.807, 2.05) is 27.7 Å². The van der Waals surface area contributed by atoms with Crippen molar-refractivity contribution in [2.45, 2.75) is 44.4 Å². The lowest BCUT2D eigenvalue weighted by atomic mass is 10.0. The Morgan fingerprint density at radius 1 is 1.00 bits per heavy atom. The number of hydrogen-bond acceptors (Lipinski definition) is 8. The minimum Gasteiger partial charge on any atom is -0.495 e. The van der Waals surface area contributed by atoms with Crippen molar-refractivity contribution in [1.82, 2.24) is 9.97 Å². The van der Waals surface area contributed by atoms with Gasteiger partial charge in [-0.25, -0.2) is 13.4 Å². The molecule has 1 aromatic carbocycles. The molecule has 8 nitrogen and oxygen atoms in total. The number of nitrogens with two attached hydrogens (primary N) is 2.